The van der Waals surface area contributed by atoms with Gasteiger partial charge in [0.25, 0.3) is 0 Å². The second-order valence-electron chi connectivity index (χ2n) is 4.24. The summed E-state index contributed by atoms with van der Waals surface area (Å²) >= 11 is 11.8. The topological polar surface area (TPSA) is 58.6 Å². The van der Waals surface area contributed by atoms with E-state index in [1.54, 1.807) is 18.2 Å². The van der Waals surface area contributed by atoms with Crippen molar-refractivity contribution in [1.82, 2.24) is 5.32 Å². The minimum absolute atomic E-state index is 0.0484. The highest BCUT2D eigenvalue weighted by Gasteiger charge is 2.07. The van der Waals surface area contributed by atoms with E-state index in [9.17, 15) is 4.79 Å². The van der Waals surface area contributed by atoms with Crippen molar-refractivity contribution in [2.75, 3.05) is 19.8 Å². The first-order valence-electron chi connectivity index (χ1n) is 5.99. The third-order valence-corrected chi connectivity index (χ3v) is 3.26. The number of carbonyl (C=O) groups excluding carboxylic acids is 1. The van der Waals surface area contributed by atoms with Crippen LogP contribution < -0.4 is 10.1 Å². The molecule has 0 spiro atoms. The fraction of sp³-hybridized carbons (Fsp3) is 0.462. The molecular weight excluding hydrogens is 289 g/mol. The molecule has 0 aliphatic carbocycles. The maximum atomic E-state index is 11.5. The molecule has 0 saturated heterocycles. The number of amides is 1. The average molecular weight is 306 g/mol. The molecule has 0 fully saturated rings. The number of ether oxygens (including phenoxy) is 1. The number of nitrogens with one attached hydrogen (secondary N) is 1. The largest absolute Gasteiger partial charge is 0.491 e. The molecule has 0 aliphatic heterocycles. The summed E-state index contributed by atoms with van der Waals surface area (Å²) in [4.78, 5) is 11.5. The summed E-state index contributed by atoms with van der Waals surface area (Å²) in [6.07, 6.45) is 0.223. The standard InChI is InChI=1S/C13H17Cl2NO3/c1-9(8-17)7-16-12(18)5-6-19-11-4-2-3-10(14)13(11)15/h2-4,9,17H,5-8H2,1H3,(H,16,18). The number of aliphatic hydroxyl groups excluding tert-OH is 1. The number of carbonyl (C=O) groups is 1. The second-order valence-corrected chi connectivity index (χ2v) is 5.03. The molecule has 0 saturated carbocycles. The maximum Gasteiger partial charge on any atom is 0.223 e. The summed E-state index contributed by atoms with van der Waals surface area (Å²) in [5.74, 6) is 0.386. The van der Waals surface area contributed by atoms with Crippen LogP contribution in [0.1, 0.15) is 13.3 Å². The monoisotopic (exact) mass is 305 g/mol. The van der Waals surface area contributed by atoms with Gasteiger partial charge >= 0.3 is 0 Å². The molecule has 19 heavy (non-hydrogen) atoms. The van der Waals surface area contributed by atoms with Gasteiger partial charge in [0, 0.05) is 13.2 Å². The molecule has 4 nitrogen and oxygen atoms in total. The van der Waals surface area contributed by atoms with Crippen molar-refractivity contribution >= 4 is 29.1 Å². The van der Waals surface area contributed by atoms with Gasteiger partial charge in [-0.2, -0.15) is 0 Å². The van der Waals surface area contributed by atoms with Crippen LogP contribution in [0.2, 0.25) is 10.0 Å². The molecular formula is C13H17Cl2NO3. The average Bonchev–Trinajstić information content (AvgIpc) is 2.40. The van der Waals surface area contributed by atoms with E-state index in [2.05, 4.69) is 5.32 Å². The fourth-order valence-corrected chi connectivity index (χ4v) is 1.64. The van der Waals surface area contributed by atoms with Gasteiger partial charge < -0.3 is 15.2 Å². The lowest BCUT2D eigenvalue weighted by Gasteiger charge is -2.11. The quantitative estimate of drug-likeness (QED) is 0.814. The van der Waals surface area contributed by atoms with Crippen LogP contribution in [0.3, 0.4) is 0 Å². The zero-order valence-electron chi connectivity index (χ0n) is 10.7. The van der Waals surface area contributed by atoms with Crippen molar-refractivity contribution in [3.63, 3.8) is 0 Å². The van der Waals surface area contributed by atoms with Crippen LogP contribution in [0.4, 0.5) is 0 Å². The lowest BCUT2D eigenvalue weighted by molar-refractivity contribution is -0.121. The Balaban J connectivity index is 2.30. The Bertz CT molecular complexity index is 426. The number of rotatable bonds is 7. The predicted molar refractivity (Wildman–Crippen MR) is 75.8 cm³/mol. The summed E-state index contributed by atoms with van der Waals surface area (Å²) in [5.41, 5.74) is 0. The van der Waals surface area contributed by atoms with E-state index in [0.29, 0.717) is 22.3 Å². The van der Waals surface area contributed by atoms with Gasteiger partial charge in [0.1, 0.15) is 10.8 Å². The Hall–Kier alpha value is -0.970. The van der Waals surface area contributed by atoms with E-state index in [-0.39, 0.29) is 31.5 Å². The van der Waals surface area contributed by atoms with Crippen LogP contribution in [-0.4, -0.2) is 30.8 Å². The van der Waals surface area contributed by atoms with Crippen LogP contribution in [0.15, 0.2) is 18.2 Å². The van der Waals surface area contributed by atoms with Crippen molar-refractivity contribution in [1.29, 1.82) is 0 Å². The van der Waals surface area contributed by atoms with Crippen molar-refractivity contribution in [3.8, 4) is 5.75 Å². The van der Waals surface area contributed by atoms with Crippen molar-refractivity contribution in [2.24, 2.45) is 5.92 Å². The lowest BCUT2D eigenvalue weighted by atomic mass is 10.2. The zero-order chi connectivity index (χ0) is 14.3. The van der Waals surface area contributed by atoms with Crippen LogP contribution in [0.25, 0.3) is 0 Å². The predicted octanol–water partition coefficient (Wildman–Crippen LogP) is 2.51. The number of aliphatic hydroxyl groups is 1. The molecule has 6 heteroatoms. The molecule has 106 valence electrons. The molecule has 1 amide bonds. The maximum absolute atomic E-state index is 11.5. The van der Waals surface area contributed by atoms with Crippen molar-refractivity contribution in [3.05, 3.63) is 28.2 Å². The zero-order valence-corrected chi connectivity index (χ0v) is 12.2. The van der Waals surface area contributed by atoms with E-state index in [1.807, 2.05) is 6.92 Å². The highest BCUT2D eigenvalue weighted by Crippen LogP contribution is 2.31. The van der Waals surface area contributed by atoms with Gasteiger partial charge in [-0.15, -0.1) is 0 Å². The molecule has 1 aromatic rings. The molecule has 0 aromatic heterocycles. The Labute approximate surface area is 122 Å². The Kier molecular flexibility index (Phi) is 6.99. The molecule has 0 bridgehead atoms. The van der Waals surface area contributed by atoms with E-state index in [1.165, 1.54) is 0 Å². The van der Waals surface area contributed by atoms with Gasteiger partial charge in [-0.3, -0.25) is 4.79 Å². The van der Waals surface area contributed by atoms with E-state index in [0.717, 1.165) is 0 Å². The Morgan fingerprint density at radius 2 is 2.21 bits per heavy atom. The Morgan fingerprint density at radius 1 is 1.47 bits per heavy atom. The molecule has 0 radical (unpaired) electrons. The van der Waals surface area contributed by atoms with Crippen molar-refractivity contribution < 1.29 is 14.6 Å². The lowest BCUT2D eigenvalue weighted by Crippen LogP contribution is -2.30. The summed E-state index contributed by atoms with van der Waals surface area (Å²) in [5, 5.41) is 12.3. The van der Waals surface area contributed by atoms with Gasteiger partial charge in [0.15, 0.2) is 0 Å². The third-order valence-electron chi connectivity index (χ3n) is 2.46. The molecule has 1 rings (SSSR count). The number of hydrogen-bond acceptors (Lipinski definition) is 3. The summed E-state index contributed by atoms with van der Waals surface area (Å²) in [6, 6.07) is 5.09. The molecule has 0 heterocycles. The van der Waals surface area contributed by atoms with Crippen LogP contribution in [-0.2, 0) is 4.79 Å². The van der Waals surface area contributed by atoms with Gasteiger partial charge in [0.2, 0.25) is 5.91 Å². The third kappa shape index (κ3) is 5.68. The molecule has 1 unspecified atom stereocenters. The van der Waals surface area contributed by atoms with Crippen LogP contribution >= 0.6 is 23.2 Å². The second kappa shape index (κ2) is 8.25. The smallest absolute Gasteiger partial charge is 0.223 e. The summed E-state index contributed by atoms with van der Waals surface area (Å²) in [7, 11) is 0. The SMILES string of the molecule is CC(CO)CNC(=O)CCOc1cccc(Cl)c1Cl. The highest BCUT2D eigenvalue weighted by molar-refractivity contribution is 6.42. The summed E-state index contributed by atoms with van der Waals surface area (Å²) < 4.78 is 5.39. The van der Waals surface area contributed by atoms with Gasteiger partial charge in [-0.05, 0) is 18.1 Å². The molecule has 1 atom stereocenters. The minimum Gasteiger partial charge on any atom is -0.491 e. The first-order chi connectivity index (χ1) is 9.04. The van der Waals surface area contributed by atoms with Crippen molar-refractivity contribution in [2.45, 2.75) is 13.3 Å². The number of hydrogen-bond donors (Lipinski definition) is 2. The van der Waals surface area contributed by atoms with Gasteiger partial charge in [-0.25, -0.2) is 0 Å². The molecule has 2 N–H and O–H groups in total. The molecule has 0 aliphatic rings. The first-order valence-corrected chi connectivity index (χ1v) is 6.74. The van der Waals surface area contributed by atoms with Crippen LogP contribution in [0, 0.1) is 5.92 Å². The van der Waals surface area contributed by atoms with Gasteiger partial charge in [-0.1, -0.05) is 36.2 Å². The number of benzene rings is 1. The molecule has 1 aromatic carbocycles. The Morgan fingerprint density at radius 3 is 2.89 bits per heavy atom. The number of halogens is 2. The van der Waals surface area contributed by atoms with E-state index < -0.39 is 0 Å². The minimum atomic E-state index is -0.126. The fourth-order valence-electron chi connectivity index (χ4n) is 1.29. The van der Waals surface area contributed by atoms with Crippen LogP contribution in [0.5, 0.6) is 5.75 Å². The highest BCUT2D eigenvalue weighted by atomic mass is 35.5. The summed E-state index contributed by atoms with van der Waals surface area (Å²) in [6.45, 7) is 2.57. The van der Waals surface area contributed by atoms with E-state index >= 15 is 0 Å². The first kappa shape index (κ1) is 16.1. The van der Waals surface area contributed by atoms with E-state index in [4.69, 9.17) is 33.0 Å². The van der Waals surface area contributed by atoms with Gasteiger partial charge in [0.05, 0.1) is 18.1 Å². The normalized spacial score (nSPS) is 12.0.